The molecule has 2 rings (SSSR count). The van der Waals surface area contributed by atoms with Gasteiger partial charge in [0.1, 0.15) is 0 Å². The van der Waals surface area contributed by atoms with Crippen molar-refractivity contribution in [3.8, 4) is 0 Å². The third-order valence-corrected chi connectivity index (χ3v) is 4.37. The van der Waals surface area contributed by atoms with Gasteiger partial charge in [0.15, 0.2) is 0 Å². The molecule has 1 aromatic carbocycles. The van der Waals surface area contributed by atoms with Crippen molar-refractivity contribution in [3.05, 3.63) is 24.3 Å². The van der Waals surface area contributed by atoms with Crippen molar-refractivity contribution < 1.29 is 8.42 Å². The lowest BCUT2D eigenvalue weighted by Gasteiger charge is -2.33. The molecular formula is C11H17N3O2S. The van der Waals surface area contributed by atoms with Gasteiger partial charge in [-0.3, -0.25) is 0 Å². The third-order valence-electron chi connectivity index (χ3n) is 2.96. The third kappa shape index (κ3) is 2.77. The fourth-order valence-electron chi connectivity index (χ4n) is 1.89. The normalized spacial score (nSPS) is 24.1. The Morgan fingerprint density at radius 2 is 2.06 bits per heavy atom. The number of benzene rings is 1. The Balaban J connectivity index is 2.12. The van der Waals surface area contributed by atoms with Crippen LogP contribution in [0.4, 0.5) is 5.69 Å². The molecule has 94 valence electrons. The molecule has 0 aliphatic heterocycles. The highest BCUT2D eigenvalue weighted by atomic mass is 32.2. The van der Waals surface area contributed by atoms with Gasteiger partial charge in [-0.1, -0.05) is 6.07 Å². The molecule has 1 aliphatic carbocycles. The van der Waals surface area contributed by atoms with Gasteiger partial charge in [-0.15, -0.1) is 0 Å². The number of hydrogen-bond donors (Lipinski definition) is 3. The first-order valence-corrected chi connectivity index (χ1v) is 7.05. The lowest BCUT2D eigenvalue weighted by Crippen LogP contribution is -2.44. The van der Waals surface area contributed by atoms with Crippen molar-refractivity contribution in [1.82, 2.24) is 4.72 Å². The van der Waals surface area contributed by atoms with Gasteiger partial charge in [0.2, 0.25) is 10.0 Å². The van der Waals surface area contributed by atoms with Crippen molar-refractivity contribution in [3.63, 3.8) is 0 Å². The van der Waals surface area contributed by atoms with Crippen LogP contribution in [0.1, 0.15) is 12.8 Å². The van der Waals surface area contributed by atoms with Crippen LogP contribution in [-0.4, -0.2) is 27.5 Å². The van der Waals surface area contributed by atoms with E-state index in [1.807, 2.05) is 6.07 Å². The molecule has 4 N–H and O–H groups in total. The van der Waals surface area contributed by atoms with Crippen LogP contribution >= 0.6 is 0 Å². The molecule has 5 nitrogen and oxygen atoms in total. The molecule has 1 fully saturated rings. The van der Waals surface area contributed by atoms with Gasteiger partial charge in [-0.25, -0.2) is 13.1 Å². The van der Waals surface area contributed by atoms with E-state index in [4.69, 9.17) is 5.73 Å². The average molecular weight is 255 g/mol. The predicted molar refractivity (Wildman–Crippen MR) is 67.3 cm³/mol. The molecule has 0 amide bonds. The minimum Gasteiger partial charge on any atom is -0.382 e. The predicted octanol–water partition coefficient (Wildman–Crippen LogP) is 0.496. The second-order valence-corrected chi connectivity index (χ2v) is 6.19. The monoisotopic (exact) mass is 255 g/mol. The van der Waals surface area contributed by atoms with E-state index in [0.29, 0.717) is 6.04 Å². The molecule has 0 radical (unpaired) electrons. The number of nitrogens with one attached hydrogen (secondary N) is 2. The Labute approximate surface area is 101 Å². The fraction of sp³-hybridized carbons (Fsp3) is 0.455. The zero-order valence-electron chi connectivity index (χ0n) is 9.68. The molecule has 17 heavy (non-hydrogen) atoms. The Hall–Kier alpha value is -1.11. The highest BCUT2D eigenvalue weighted by molar-refractivity contribution is 7.89. The van der Waals surface area contributed by atoms with Gasteiger partial charge in [0.05, 0.1) is 4.90 Å². The molecule has 0 unspecified atom stereocenters. The summed E-state index contributed by atoms with van der Waals surface area (Å²) in [6.07, 6.45) is 1.87. The second-order valence-electron chi connectivity index (χ2n) is 4.31. The largest absolute Gasteiger partial charge is 0.382 e. The molecule has 0 spiro atoms. The minimum absolute atomic E-state index is 0.272. The van der Waals surface area contributed by atoms with E-state index in [2.05, 4.69) is 10.0 Å². The van der Waals surface area contributed by atoms with Crippen molar-refractivity contribution in [2.75, 3.05) is 12.4 Å². The topological polar surface area (TPSA) is 84.2 Å². The van der Waals surface area contributed by atoms with Crippen LogP contribution in [0.5, 0.6) is 0 Å². The van der Waals surface area contributed by atoms with Crippen molar-refractivity contribution >= 4 is 15.7 Å². The van der Waals surface area contributed by atoms with E-state index in [0.717, 1.165) is 18.5 Å². The van der Waals surface area contributed by atoms with Gasteiger partial charge in [-0.05, 0) is 38.1 Å². The van der Waals surface area contributed by atoms with Gasteiger partial charge in [0.25, 0.3) is 0 Å². The number of nitrogens with two attached hydrogens (primary N) is 1. The maximum absolute atomic E-state index is 11.6. The summed E-state index contributed by atoms with van der Waals surface area (Å²) < 4.78 is 25.5. The smallest absolute Gasteiger partial charge is 0.240 e. The van der Waals surface area contributed by atoms with Gasteiger partial charge < -0.3 is 11.1 Å². The summed E-state index contributed by atoms with van der Waals surface area (Å²) in [7, 11) is -1.97. The number of sulfonamides is 1. The molecule has 1 aliphatic rings. The Kier molecular flexibility index (Phi) is 3.37. The number of hydrogen-bond acceptors (Lipinski definition) is 4. The summed E-state index contributed by atoms with van der Waals surface area (Å²) in [6.45, 7) is 0. The van der Waals surface area contributed by atoms with E-state index in [-0.39, 0.29) is 10.9 Å². The molecule has 0 heterocycles. The number of anilines is 1. The van der Waals surface area contributed by atoms with Crippen molar-refractivity contribution in [1.29, 1.82) is 0 Å². The van der Waals surface area contributed by atoms with Crippen LogP contribution < -0.4 is 15.8 Å². The van der Waals surface area contributed by atoms with Crippen LogP contribution in [0.2, 0.25) is 0 Å². The van der Waals surface area contributed by atoms with Crippen LogP contribution in [0.25, 0.3) is 0 Å². The number of rotatable bonds is 4. The molecule has 0 atom stereocenters. The van der Waals surface area contributed by atoms with Crippen LogP contribution in [0.15, 0.2) is 29.2 Å². The highest BCUT2D eigenvalue weighted by Gasteiger charge is 2.25. The molecule has 0 saturated heterocycles. The van der Waals surface area contributed by atoms with E-state index in [1.165, 1.54) is 7.05 Å². The van der Waals surface area contributed by atoms with Gasteiger partial charge >= 0.3 is 0 Å². The minimum atomic E-state index is -3.37. The summed E-state index contributed by atoms with van der Waals surface area (Å²) in [5.74, 6) is 0. The molecule has 1 saturated carbocycles. The van der Waals surface area contributed by atoms with Crippen LogP contribution in [0.3, 0.4) is 0 Å². The fourth-order valence-corrected chi connectivity index (χ4v) is 2.66. The zero-order valence-corrected chi connectivity index (χ0v) is 10.5. The summed E-state index contributed by atoms with van der Waals surface area (Å²) in [5, 5.41) is 3.27. The summed E-state index contributed by atoms with van der Waals surface area (Å²) in [5.41, 5.74) is 6.52. The van der Waals surface area contributed by atoms with E-state index < -0.39 is 10.0 Å². The SMILES string of the molecule is CNS(=O)(=O)c1cccc(NC2CC(N)C2)c1. The van der Waals surface area contributed by atoms with Crippen LogP contribution in [0, 0.1) is 0 Å². The lowest BCUT2D eigenvalue weighted by molar-refractivity contribution is 0.373. The lowest BCUT2D eigenvalue weighted by atomic mass is 9.87. The molecule has 0 bridgehead atoms. The van der Waals surface area contributed by atoms with E-state index in [9.17, 15) is 8.42 Å². The Morgan fingerprint density at radius 3 is 2.65 bits per heavy atom. The highest BCUT2D eigenvalue weighted by Crippen LogP contribution is 2.23. The standard InChI is InChI=1S/C11H17N3O2S/c1-13-17(15,16)11-4-2-3-9(7-11)14-10-5-8(12)6-10/h2-4,7-8,10,13-14H,5-6,12H2,1H3. The van der Waals surface area contributed by atoms with E-state index >= 15 is 0 Å². The van der Waals surface area contributed by atoms with Crippen molar-refractivity contribution in [2.24, 2.45) is 5.73 Å². The van der Waals surface area contributed by atoms with Gasteiger partial charge in [-0.2, -0.15) is 0 Å². The first kappa shape index (κ1) is 12.3. The average Bonchev–Trinajstić information content (AvgIpc) is 2.27. The summed E-state index contributed by atoms with van der Waals surface area (Å²) in [6, 6.07) is 7.43. The van der Waals surface area contributed by atoms with E-state index in [1.54, 1.807) is 18.2 Å². The summed E-state index contributed by atoms with van der Waals surface area (Å²) >= 11 is 0. The summed E-state index contributed by atoms with van der Waals surface area (Å²) in [4.78, 5) is 0.272. The first-order valence-electron chi connectivity index (χ1n) is 5.57. The quantitative estimate of drug-likeness (QED) is 0.731. The maximum atomic E-state index is 11.6. The first-order chi connectivity index (χ1) is 8.01. The molecular weight excluding hydrogens is 238 g/mol. The zero-order chi connectivity index (χ0) is 12.5. The van der Waals surface area contributed by atoms with Gasteiger partial charge in [0, 0.05) is 17.8 Å². The van der Waals surface area contributed by atoms with Crippen LogP contribution in [-0.2, 0) is 10.0 Å². The second kappa shape index (κ2) is 4.64. The Bertz CT molecular complexity index is 495. The maximum Gasteiger partial charge on any atom is 0.240 e. The Morgan fingerprint density at radius 1 is 1.35 bits per heavy atom. The molecule has 6 heteroatoms. The molecule has 0 aromatic heterocycles. The molecule has 1 aromatic rings. The van der Waals surface area contributed by atoms with Crippen molar-refractivity contribution in [2.45, 2.75) is 29.8 Å².